The maximum absolute atomic E-state index is 10.9. The average Bonchev–Trinajstić information content (AvgIpc) is 2.70. The van der Waals surface area contributed by atoms with Crippen LogP contribution in [0, 0.1) is 0 Å². The Kier molecular flexibility index (Phi) is 8.13. The molecule has 136 valence electrons. The van der Waals surface area contributed by atoms with E-state index in [4.69, 9.17) is 9.47 Å². The highest BCUT2D eigenvalue weighted by molar-refractivity contribution is 5.81. The van der Waals surface area contributed by atoms with Gasteiger partial charge in [-0.15, -0.1) is 0 Å². The summed E-state index contributed by atoms with van der Waals surface area (Å²) in [5, 5.41) is 0. The van der Waals surface area contributed by atoms with Crippen LogP contribution in [0.5, 0.6) is 5.75 Å². The molecule has 0 aliphatic rings. The molecule has 2 rings (SSSR count). The van der Waals surface area contributed by atoms with Crippen molar-refractivity contribution in [3.8, 4) is 16.9 Å². The molecule has 2 aromatic rings. The Morgan fingerprint density at radius 1 is 0.846 bits per heavy atom. The van der Waals surface area contributed by atoms with E-state index in [0.29, 0.717) is 18.8 Å². The monoisotopic (exact) mass is 352 g/mol. The summed E-state index contributed by atoms with van der Waals surface area (Å²) < 4.78 is 10.7. The number of aldehydes is 1. The Morgan fingerprint density at radius 3 is 2.00 bits per heavy atom. The fourth-order valence-electron chi connectivity index (χ4n) is 2.48. The minimum atomic E-state index is -0.364. The number of carbonyl (C=O) groups is 2. The van der Waals surface area contributed by atoms with Crippen LogP contribution in [0.15, 0.2) is 61.2 Å². The number of unbranched alkanes of at least 4 members (excludes halogenated alkanes) is 3. The number of carbonyl (C=O) groups excluding carboxylic acids is 2. The Bertz CT molecular complexity index is 702. The molecule has 0 aliphatic carbocycles. The molecule has 0 saturated carbocycles. The van der Waals surface area contributed by atoms with Crippen LogP contribution in [0.25, 0.3) is 11.1 Å². The van der Waals surface area contributed by atoms with Crippen molar-refractivity contribution < 1.29 is 19.1 Å². The molecule has 0 saturated heterocycles. The molecule has 0 radical (unpaired) electrons. The minimum Gasteiger partial charge on any atom is -0.494 e. The summed E-state index contributed by atoms with van der Waals surface area (Å²) in [5.41, 5.74) is 2.83. The highest BCUT2D eigenvalue weighted by Gasteiger charge is 2.00. The van der Waals surface area contributed by atoms with Crippen molar-refractivity contribution in [1.29, 1.82) is 0 Å². The highest BCUT2D eigenvalue weighted by Crippen LogP contribution is 2.22. The van der Waals surface area contributed by atoms with Gasteiger partial charge in [-0.05, 0) is 48.9 Å². The van der Waals surface area contributed by atoms with E-state index in [1.807, 2.05) is 48.5 Å². The molecule has 0 aromatic heterocycles. The van der Waals surface area contributed by atoms with E-state index >= 15 is 0 Å². The molecule has 0 N–H and O–H groups in total. The van der Waals surface area contributed by atoms with Gasteiger partial charge in [0, 0.05) is 11.6 Å². The largest absolute Gasteiger partial charge is 0.494 e. The zero-order chi connectivity index (χ0) is 18.6. The molecular formula is C22H24O4. The van der Waals surface area contributed by atoms with Crippen molar-refractivity contribution in [3.63, 3.8) is 0 Å². The van der Waals surface area contributed by atoms with Gasteiger partial charge < -0.3 is 9.47 Å². The first-order valence-electron chi connectivity index (χ1n) is 8.80. The maximum Gasteiger partial charge on any atom is 0.330 e. The van der Waals surface area contributed by atoms with Crippen molar-refractivity contribution in [2.45, 2.75) is 25.7 Å². The van der Waals surface area contributed by atoms with Gasteiger partial charge in [-0.25, -0.2) is 4.79 Å². The third kappa shape index (κ3) is 6.55. The van der Waals surface area contributed by atoms with Crippen molar-refractivity contribution in [3.05, 3.63) is 66.7 Å². The van der Waals surface area contributed by atoms with E-state index in [1.165, 1.54) is 6.08 Å². The van der Waals surface area contributed by atoms with Crippen molar-refractivity contribution in [1.82, 2.24) is 0 Å². The van der Waals surface area contributed by atoms with Crippen molar-refractivity contribution >= 4 is 12.3 Å². The van der Waals surface area contributed by atoms with Crippen LogP contribution in [-0.4, -0.2) is 25.5 Å². The number of hydrogen-bond acceptors (Lipinski definition) is 4. The number of ether oxygens (including phenoxy) is 2. The molecule has 0 heterocycles. The van der Waals surface area contributed by atoms with Gasteiger partial charge in [-0.3, -0.25) is 4.79 Å². The molecule has 0 unspecified atom stereocenters. The summed E-state index contributed by atoms with van der Waals surface area (Å²) in [6, 6.07) is 15.4. The predicted molar refractivity (Wildman–Crippen MR) is 102 cm³/mol. The predicted octanol–water partition coefficient (Wildman–Crippen LogP) is 4.83. The average molecular weight is 352 g/mol. The summed E-state index contributed by atoms with van der Waals surface area (Å²) in [4.78, 5) is 21.6. The van der Waals surface area contributed by atoms with Gasteiger partial charge in [0.15, 0.2) is 0 Å². The fourth-order valence-corrected chi connectivity index (χ4v) is 2.48. The van der Waals surface area contributed by atoms with Crippen molar-refractivity contribution in [2.75, 3.05) is 13.2 Å². The molecule has 26 heavy (non-hydrogen) atoms. The van der Waals surface area contributed by atoms with Gasteiger partial charge >= 0.3 is 5.97 Å². The van der Waals surface area contributed by atoms with Gasteiger partial charge in [0.2, 0.25) is 0 Å². The summed E-state index contributed by atoms with van der Waals surface area (Å²) in [6.45, 7) is 4.47. The van der Waals surface area contributed by atoms with E-state index in [9.17, 15) is 9.59 Å². The molecule has 0 fully saturated rings. The summed E-state index contributed by atoms with van der Waals surface area (Å²) >= 11 is 0. The first-order valence-corrected chi connectivity index (χ1v) is 8.80. The van der Waals surface area contributed by atoms with Gasteiger partial charge in [0.25, 0.3) is 0 Å². The van der Waals surface area contributed by atoms with E-state index in [-0.39, 0.29) is 5.97 Å². The number of benzene rings is 2. The molecule has 4 heteroatoms. The molecule has 0 aliphatic heterocycles. The van der Waals surface area contributed by atoms with Gasteiger partial charge in [-0.1, -0.05) is 43.0 Å². The van der Waals surface area contributed by atoms with Crippen LogP contribution in [0.3, 0.4) is 0 Å². The van der Waals surface area contributed by atoms with Crippen LogP contribution in [0.2, 0.25) is 0 Å². The molecule has 2 aromatic carbocycles. The van der Waals surface area contributed by atoms with E-state index in [2.05, 4.69) is 6.58 Å². The second-order valence-electron chi connectivity index (χ2n) is 5.90. The molecule has 0 atom stereocenters. The zero-order valence-electron chi connectivity index (χ0n) is 14.9. The third-order valence-electron chi connectivity index (χ3n) is 3.95. The minimum absolute atomic E-state index is 0.364. The van der Waals surface area contributed by atoms with Gasteiger partial charge in [0.1, 0.15) is 12.0 Å². The maximum atomic E-state index is 10.9. The van der Waals surface area contributed by atoms with E-state index < -0.39 is 0 Å². The number of esters is 1. The Hall–Kier alpha value is -2.88. The number of hydrogen-bond donors (Lipinski definition) is 0. The van der Waals surface area contributed by atoms with Crippen LogP contribution >= 0.6 is 0 Å². The molecule has 0 bridgehead atoms. The Labute approximate surface area is 154 Å². The molecule has 0 amide bonds. The number of rotatable bonds is 11. The quantitative estimate of drug-likeness (QED) is 0.251. The Morgan fingerprint density at radius 2 is 1.42 bits per heavy atom. The fraction of sp³-hybridized carbons (Fsp3) is 0.273. The van der Waals surface area contributed by atoms with Crippen molar-refractivity contribution in [2.24, 2.45) is 0 Å². The topological polar surface area (TPSA) is 52.6 Å². The SMILES string of the molecule is C=CC(=O)OCCCCCCOc1ccc(-c2ccc(C=O)cc2)cc1. The highest BCUT2D eigenvalue weighted by atomic mass is 16.5. The standard InChI is InChI=1S/C22H24O4/c1-2-22(24)26-16-6-4-3-5-15-25-21-13-11-20(12-14-21)19-9-7-18(17-23)8-10-19/h2,7-14,17H,1,3-6,15-16H2. The van der Waals surface area contributed by atoms with Crippen LogP contribution in [0.1, 0.15) is 36.0 Å². The van der Waals surface area contributed by atoms with Gasteiger partial charge in [-0.2, -0.15) is 0 Å². The van der Waals surface area contributed by atoms with Gasteiger partial charge in [0.05, 0.1) is 13.2 Å². The second-order valence-corrected chi connectivity index (χ2v) is 5.90. The summed E-state index contributed by atoms with van der Waals surface area (Å²) in [7, 11) is 0. The summed E-state index contributed by atoms with van der Waals surface area (Å²) in [5.74, 6) is 0.481. The lowest BCUT2D eigenvalue weighted by Gasteiger charge is -2.08. The lowest BCUT2D eigenvalue weighted by molar-refractivity contribution is -0.137. The lowest BCUT2D eigenvalue weighted by Crippen LogP contribution is -2.02. The van der Waals surface area contributed by atoms with Crippen LogP contribution in [0.4, 0.5) is 0 Å². The second kappa shape index (κ2) is 10.9. The molecule has 0 spiro atoms. The first-order chi connectivity index (χ1) is 12.7. The Balaban J connectivity index is 1.65. The normalized spacial score (nSPS) is 10.2. The lowest BCUT2D eigenvalue weighted by atomic mass is 10.0. The molecular weight excluding hydrogens is 328 g/mol. The smallest absolute Gasteiger partial charge is 0.330 e. The van der Waals surface area contributed by atoms with E-state index in [1.54, 1.807) is 0 Å². The zero-order valence-corrected chi connectivity index (χ0v) is 14.9. The summed E-state index contributed by atoms with van der Waals surface area (Å²) in [6.07, 6.45) is 5.88. The van der Waals surface area contributed by atoms with Crippen LogP contribution < -0.4 is 4.74 Å². The van der Waals surface area contributed by atoms with E-state index in [0.717, 1.165) is 48.8 Å². The molecule has 4 nitrogen and oxygen atoms in total. The van der Waals surface area contributed by atoms with Crippen LogP contribution in [-0.2, 0) is 9.53 Å². The third-order valence-corrected chi connectivity index (χ3v) is 3.95. The first kappa shape index (κ1) is 19.4.